The van der Waals surface area contributed by atoms with Gasteiger partial charge in [0.1, 0.15) is 11.5 Å². The van der Waals surface area contributed by atoms with Crippen molar-refractivity contribution in [2.24, 2.45) is 0 Å². The van der Waals surface area contributed by atoms with E-state index in [0.717, 1.165) is 72.7 Å². The van der Waals surface area contributed by atoms with E-state index in [1.54, 1.807) is 0 Å². The lowest BCUT2D eigenvalue weighted by Gasteiger charge is -2.29. The second kappa shape index (κ2) is 13.0. The number of benzene rings is 9. The zero-order valence-electron chi connectivity index (χ0n) is 31.9. The molecule has 0 saturated heterocycles. The van der Waals surface area contributed by atoms with E-state index in [-0.39, 0.29) is 5.41 Å². The summed E-state index contributed by atoms with van der Waals surface area (Å²) < 4.78 is 7.32. The van der Waals surface area contributed by atoms with Crippen LogP contribution in [0.1, 0.15) is 25.0 Å². The van der Waals surface area contributed by atoms with Gasteiger partial charge in [-0.3, -0.25) is 0 Å². The first-order chi connectivity index (χ1) is 28.0. The normalized spacial score (nSPS) is 13.0. The van der Waals surface area contributed by atoms with Crippen molar-refractivity contribution in [3.05, 3.63) is 211 Å². The number of ether oxygens (including phenoxy) is 1. The highest BCUT2D eigenvalue weighted by Crippen LogP contribution is 2.55. The number of rotatable bonds is 5. The summed E-state index contributed by atoms with van der Waals surface area (Å²) in [5, 5.41) is 2.24. The minimum Gasteiger partial charge on any atom is -0.455 e. The summed E-state index contributed by atoms with van der Waals surface area (Å²) in [6.45, 7) is 4.69. The van der Waals surface area contributed by atoms with Gasteiger partial charge in [-0.25, -0.2) is 0 Å². The van der Waals surface area contributed by atoms with Gasteiger partial charge in [-0.2, -0.15) is 0 Å². The van der Waals surface area contributed by atoms with E-state index in [9.17, 15) is 0 Å². The molecule has 9 aromatic carbocycles. The molecule has 0 saturated carbocycles. The molecule has 2 heteroatoms. The van der Waals surface area contributed by atoms with Gasteiger partial charge in [-0.1, -0.05) is 166 Å². The fraction of sp³-hybridized carbons (Fsp3) is 0.0545. The first kappa shape index (κ1) is 33.2. The van der Waals surface area contributed by atoms with Gasteiger partial charge in [0.2, 0.25) is 0 Å². The molecule has 11 rings (SSSR count). The smallest absolute Gasteiger partial charge is 0.143 e. The van der Waals surface area contributed by atoms with Gasteiger partial charge >= 0.3 is 0 Å². The predicted molar refractivity (Wildman–Crippen MR) is 238 cm³/mol. The van der Waals surface area contributed by atoms with E-state index in [4.69, 9.17) is 4.74 Å². The van der Waals surface area contributed by atoms with Crippen molar-refractivity contribution >= 4 is 27.8 Å². The predicted octanol–water partition coefficient (Wildman–Crippen LogP) is 15.4. The number of nitrogens with zero attached hydrogens (tertiary/aromatic N) is 1. The number of hydrogen-bond donors (Lipinski definition) is 0. The highest BCUT2D eigenvalue weighted by Gasteiger charge is 2.36. The summed E-state index contributed by atoms with van der Waals surface area (Å²) in [6.07, 6.45) is 0. The molecule has 0 unspecified atom stereocenters. The fourth-order valence-electron chi connectivity index (χ4n) is 9.25. The highest BCUT2D eigenvalue weighted by molar-refractivity contribution is 6.07. The van der Waals surface area contributed by atoms with Crippen LogP contribution >= 0.6 is 0 Å². The van der Waals surface area contributed by atoms with Crippen molar-refractivity contribution < 1.29 is 4.74 Å². The molecule has 1 heterocycles. The van der Waals surface area contributed by atoms with E-state index in [1.807, 2.05) is 0 Å². The van der Waals surface area contributed by atoms with Crippen LogP contribution in [0.15, 0.2) is 200 Å². The van der Waals surface area contributed by atoms with Crippen molar-refractivity contribution in [3.63, 3.8) is 0 Å². The van der Waals surface area contributed by atoms with Crippen LogP contribution in [0.3, 0.4) is 0 Å². The van der Waals surface area contributed by atoms with Crippen molar-refractivity contribution in [1.29, 1.82) is 0 Å². The molecule has 0 bridgehead atoms. The molecule has 0 amide bonds. The van der Waals surface area contributed by atoms with Crippen LogP contribution in [0.4, 0.5) is 17.1 Å². The monoisotopic (exact) mass is 729 g/mol. The Balaban J connectivity index is 1.12. The van der Waals surface area contributed by atoms with Crippen LogP contribution < -0.4 is 9.64 Å². The van der Waals surface area contributed by atoms with Crippen molar-refractivity contribution in [2.45, 2.75) is 19.3 Å². The molecule has 0 atom stereocenters. The summed E-state index contributed by atoms with van der Waals surface area (Å²) in [7, 11) is 0. The molecule has 0 N–H and O–H groups in total. The lowest BCUT2D eigenvalue weighted by atomic mass is 9.82. The third kappa shape index (κ3) is 5.33. The van der Waals surface area contributed by atoms with Gasteiger partial charge in [-0.05, 0) is 103 Å². The molecule has 0 aromatic heterocycles. The quantitative estimate of drug-likeness (QED) is 0.175. The van der Waals surface area contributed by atoms with Gasteiger partial charge < -0.3 is 9.64 Å². The van der Waals surface area contributed by atoms with Crippen molar-refractivity contribution in [2.75, 3.05) is 4.90 Å². The summed E-state index contributed by atoms with van der Waals surface area (Å²) >= 11 is 0. The van der Waals surface area contributed by atoms with Crippen LogP contribution in [-0.2, 0) is 5.41 Å². The van der Waals surface area contributed by atoms with Crippen LogP contribution in [0.25, 0.3) is 66.4 Å². The maximum absolute atomic E-state index is 7.32. The SMILES string of the molecule is CC1(C)c2ccccc2-c2ccc(N(c3ccc(-c4ccccc4)cc3)c3ccc4c(c3)Oc3c(c(-c5ccccc5)cc5ccccc35)-c3ccccc3-4)cc21. The zero-order valence-corrected chi connectivity index (χ0v) is 31.9. The van der Waals surface area contributed by atoms with Gasteiger partial charge in [0.05, 0.1) is 0 Å². The maximum Gasteiger partial charge on any atom is 0.143 e. The second-order valence-corrected chi connectivity index (χ2v) is 15.7. The van der Waals surface area contributed by atoms with E-state index in [2.05, 4.69) is 219 Å². The first-order valence-corrected chi connectivity index (χ1v) is 19.8. The second-order valence-electron chi connectivity index (χ2n) is 15.7. The van der Waals surface area contributed by atoms with Crippen LogP contribution in [0, 0.1) is 0 Å². The Morgan fingerprint density at radius 1 is 0.386 bits per heavy atom. The fourth-order valence-corrected chi connectivity index (χ4v) is 9.25. The van der Waals surface area contributed by atoms with Gasteiger partial charge in [0.15, 0.2) is 0 Å². The lowest BCUT2D eigenvalue weighted by Crippen LogP contribution is -2.16. The number of fused-ring (bicyclic) bond motifs is 10. The Morgan fingerprint density at radius 3 is 1.72 bits per heavy atom. The van der Waals surface area contributed by atoms with E-state index in [0.29, 0.717) is 0 Å². The van der Waals surface area contributed by atoms with Gasteiger partial charge in [0.25, 0.3) is 0 Å². The average molecular weight is 730 g/mol. The molecule has 57 heavy (non-hydrogen) atoms. The molecule has 0 radical (unpaired) electrons. The highest BCUT2D eigenvalue weighted by atomic mass is 16.5. The average Bonchev–Trinajstić information content (AvgIpc) is 3.39. The number of hydrogen-bond acceptors (Lipinski definition) is 2. The summed E-state index contributed by atoms with van der Waals surface area (Å²) in [6, 6.07) is 72.5. The Hall–Kier alpha value is -7.16. The largest absolute Gasteiger partial charge is 0.455 e. The lowest BCUT2D eigenvalue weighted by molar-refractivity contribution is 0.493. The van der Waals surface area contributed by atoms with Crippen LogP contribution in [0.5, 0.6) is 11.5 Å². The Kier molecular flexibility index (Phi) is 7.55. The molecular formula is C55H39NO. The van der Waals surface area contributed by atoms with Gasteiger partial charge in [0, 0.05) is 45.1 Å². The molecule has 2 nitrogen and oxygen atoms in total. The molecule has 0 spiro atoms. The molecule has 1 aliphatic heterocycles. The van der Waals surface area contributed by atoms with E-state index < -0.39 is 0 Å². The topological polar surface area (TPSA) is 12.5 Å². The minimum absolute atomic E-state index is 0.132. The Morgan fingerprint density at radius 2 is 0.947 bits per heavy atom. The Labute approximate surface area is 333 Å². The maximum atomic E-state index is 7.32. The summed E-state index contributed by atoms with van der Waals surface area (Å²) in [5.41, 5.74) is 17.6. The van der Waals surface area contributed by atoms with Crippen LogP contribution in [0.2, 0.25) is 0 Å². The zero-order chi connectivity index (χ0) is 38.1. The Bertz CT molecular complexity index is 3000. The first-order valence-electron chi connectivity index (χ1n) is 19.8. The third-order valence-corrected chi connectivity index (χ3v) is 12.1. The van der Waals surface area contributed by atoms with Crippen molar-refractivity contribution in [1.82, 2.24) is 0 Å². The molecule has 9 aromatic rings. The van der Waals surface area contributed by atoms with E-state index in [1.165, 1.54) is 33.4 Å². The van der Waals surface area contributed by atoms with E-state index >= 15 is 0 Å². The van der Waals surface area contributed by atoms with Crippen LogP contribution in [-0.4, -0.2) is 0 Å². The minimum atomic E-state index is -0.132. The third-order valence-electron chi connectivity index (χ3n) is 12.1. The number of anilines is 3. The molecule has 1 aliphatic carbocycles. The molecule has 270 valence electrons. The summed E-state index contributed by atoms with van der Waals surface area (Å²) in [5.74, 6) is 1.71. The molecule has 0 fully saturated rings. The molecule has 2 aliphatic rings. The van der Waals surface area contributed by atoms with Gasteiger partial charge in [-0.15, -0.1) is 0 Å². The standard InChI is InChI=1S/C55H39NO/c1-55(2)50-24-14-13-22-45(50)46-31-29-41(34-51(46)55)56(40-27-25-37(26-28-40)36-15-5-3-6-16-36)42-30-32-47-44-21-11-12-23-48(44)53-49(38-17-7-4-8-18-38)33-39-19-9-10-20-43(39)54(53)57-52(47)35-42/h3-35H,1-2H3. The summed E-state index contributed by atoms with van der Waals surface area (Å²) in [4.78, 5) is 2.38. The van der Waals surface area contributed by atoms with Crippen molar-refractivity contribution in [3.8, 4) is 67.1 Å². The molecular weight excluding hydrogens is 691 g/mol.